The Morgan fingerprint density at radius 2 is 1.70 bits per heavy atom. The van der Waals surface area contributed by atoms with Crippen molar-refractivity contribution in [3.8, 4) is 5.75 Å². The van der Waals surface area contributed by atoms with E-state index in [4.69, 9.17) is 4.74 Å². The van der Waals surface area contributed by atoms with Crippen LogP contribution in [-0.2, 0) is 14.8 Å². The summed E-state index contributed by atoms with van der Waals surface area (Å²) in [5, 5.41) is 3.01. The number of aryl methyl sites for hydroxylation is 2. The van der Waals surface area contributed by atoms with Crippen LogP contribution in [0.5, 0.6) is 5.75 Å². The van der Waals surface area contributed by atoms with Crippen molar-refractivity contribution in [1.82, 2.24) is 5.32 Å². The zero-order chi connectivity index (χ0) is 22.5. The summed E-state index contributed by atoms with van der Waals surface area (Å²) in [7, 11) is -2.01. The van der Waals surface area contributed by atoms with Crippen molar-refractivity contribution < 1.29 is 17.9 Å². The number of methoxy groups -OCH3 is 1. The maximum atomic E-state index is 12.9. The van der Waals surface area contributed by atoms with Gasteiger partial charge in [-0.1, -0.05) is 32.0 Å². The molecule has 0 unspecified atom stereocenters. The first kappa shape index (κ1) is 23.7. The minimum atomic E-state index is -3.62. The average molecular weight is 433 g/mol. The number of nitrogens with one attached hydrogen (secondary N) is 1. The molecule has 1 N–H and O–H groups in total. The molecule has 0 spiro atoms. The van der Waals surface area contributed by atoms with Gasteiger partial charge in [0, 0.05) is 0 Å². The summed E-state index contributed by atoms with van der Waals surface area (Å²) in [6.07, 6.45) is 1.85. The first-order valence-electron chi connectivity index (χ1n) is 9.99. The molecule has 0 fully saturated rings. The maximum Gasteiger partial charge on any atom is 0.241 e. The summed E-state index contributed by atoms with van der Waals surface area (Å²) in [5.41, 5.74) is 3.47. The Morgan fingerprint density at radius 3 is 2.20 bits per heavy atom. The van der Waals surface area contributed by atoms with E-state index in [1.54, 1.807) is 19.2 Å². The van der Waals surface area contributed by atoms with Gasteiger partial charge in [-0.2, -0.15) is 0 Å². The average Bonchev–Trinajstić information content (AvgIpc) is 2.67. The van der Waals surface area contributed by atoms with Gasteiger partial charge in [0.25, 0.3) is 0 Å². The van der Waals surface area contributed by atoms with Crippen molar-refractivity contribution in [3.63, 3.8) is 0 Å². The quantitative estimate of drug-likeness (QED) is 0.650. The lowest BCUT2D eigenvalue weighted by Gasteiger charge is -2.26. The van der Waals surface area contributed by atoms with Crippen LogP contribution >= 0.6 is 0 Å². The zero-order valence-electron chi connectivity index (χ0n) is 18.6. The van der Waals surface area contributed by atoms with Gasteiger partial charge in [0.15, 0.2) is 0 Å². The number of amides is 1. The Morgan fingerprint density at radius 1 is 1.07 bits per heavy atom. The summed E-state index contributed by atoms with van der Waals surface area (Å²) in [4.78, 5) is 12.9. The summed E-state index contributed by atoms with van der Waals surface area (Å²) in [6.45, 7) is 7.77. The number of ether oxygens (including phenoxy) is 1. The third-order valence-electron chi connectivity index (χ3n) is 5.03. The molecule has 1 amide bonds. The predicted octanol–water partition coefficient (Wildman–Crippen LogP) is 3.98. The Hall–Kier alpha value is -2.54. The van der Waals surface area contributed by atoms with Crippen LogP contribution < -0.4 is 14.4 Å². The largest absolute Gasteiger partial charge is 0.497 e. The highest BCUT2D eigenvalue weighted by atomic mass is 32.2. The highest BCUT2D eigenvalue weighted by Gasteiger charge is 2.23. The molecule has 1 atom stereocenters. The van der Waals surface area contributed by atoms with Crippen LogP contribution in [-0.4, -0.2) is 34.2 Å². The van der Waals surface area contributed by atoms with Gasteiger partial charge in [0.05, 0.1) is 25.1 Å². The van der Waals surface area contributed by atoms with Gasteiger partial charge < -0.3 is 10.1 Å². The van der Waals surface area contributed by atoms with E-state index in [-0.39, 0.29) is 18.5 Å². The van der Waals surface area contributed by atoms with Gasteiger partial charge in [0.2, 0.25) is 15.9 Å². The third kappa shape index (κ3) is 6.49. The number of nitrogens with zero attached hydrogens (tertiary/aromatic N) is 1. The van der Waals surface area contributed by atoms with Crippen molar-refractivity contribution in [3.05, 3.63) is 59.2 Å². The molecule has 0 aliphatic rings. The van der Waals surface area contributed by atoms with E-state index in [0.29, 0.717) is 11.6 Å². The normalized spacial score (nSPS) is 12.5. The number of hydrogen-bond acceptors (Lipinski definition) is 4. The molecule has 7 heteroatoms. The van der Waals surface area contributed by atoms with Crippen LogP contribution in [0.15, 0.2) is 42.5 Å². The lowest BCUT2D eigenvalue weighted by molar-refractivity contribution is -0.120. The van der Waals surface area contributed by atoms with Crippen LogP contribution in [0.1, 0.15) is 43.0 Å². The van der Waals surface area contributed by atoms with Crippen molar-refractivity contribution in [1.29, 1.82) is 0 Å². The standard InChI is InChI=1S/C23H32N2O4S/c1-16(2)13-22(19-8-11-21(29-5)12-9-19)24-23(26)15-25(30(6,27)28)20-10-7-17(3)18(4)14-20/h7-12,14,16,22H,13,15H2,1-6H3,(H,24,26)/t22-/m1/s1. The van der Waals surface area contributed by atoms with E-state index >= 15 is 0 Å². The molecule has 0 aromatic heterocycles. The smallest absolute Gasteiger partial charge is 0.241 e. The van der Waals surface area contributed by atoms with E-state index in [1.165, 1.54) is 0 Å². The van der Waals surface area contributed by atoms with E-state index < -0.39 is 10.0 Å². The van der Waals surface area contributed by atoms with Crippen molar-refractivity contribution in [2.75, 3.05) is 24.2 Å². The Labute approximate surface area is 180 Å². The number of carbonyl (C=O) groups excluding carboxylic acids is 1. The highest BCUT2D eigenvalue weighted by molar-refractivity contribution is 7.92. The van der Waals surface area contributed by atoms with Crippen LogP contribution in [0.3, 0.4) is 0 Å². The molecule has 0 radical (unpaired) electrons. The summed E-state index contributed by atoms with van der Waals surface area (Å²) in [6, 6.07) is 12.7. The van der Waals surface area contributed by atoms with Gasteiger partial charge in [0.1, 0.15) is 12.3 Å². The number of sulfonamides is 1. The van der Waals surface area contributed by atoms with Gasteiger partial charge in [-0.3, -0.25) is 9.10 Å². The molecule has 0 aliphatic carbocycles. The predicted molar refractivity (Wildman–Crippen MR) is 121 cm³/mol. The molecular weight excluding hydrogens is 400 g/mol. The molecule has 2 rings (SSSR count). The second kappa shape index (κ2) is 9.98. The summed E-state index contributed by atoms with van der Waals surface area (Å²) >= 11 is 0. The molecule has 0 bridgehead atoms. The van der Waals surface area contributed by atoms with Gasteiger partial charge in [-0.15, -0.1) is 0 Å². The fourth-order valence-electron chi connectivity index (χ4n) is 3.24. The summed E-state index contributed by atoms with van der Waals surface area (Å²) < 4.78 is 31.2. The van der Waals surface area contributed by atoms with Gasteiger partial charge in [-0.05, 0) is 67.1 Å². The van der Waals surface area contributed by atoms with Crippen LogP contribution in [0, 0.1) is 19.8 Å². The van der Waals surface area contributed by atoms with Gasteiger partial charge in [-0.25, -0.2) is 8.42 Å². The number of carbonyl (C=O) groups is 1. The number of anilines is 1. The number of rotatable bonds is 9. The topological polar surface area (TPSA) is 75.7 Å². The summed E-state index contributed by atoms with van der Waals surface area (Å²) in [5.74, 6) is 0.745. The Kier molecular flexibility index (Phi) is 7.89. The molecular formula is C23H32N2O4S. The SMILES string of the molecule is COc1ccc([C@@H](CC(C)C)NC(=O)CN(c2ccc(C)c(C)c2)S(C)(=O)=O)cc1. The van der Waals surface area contributed by atoms with E-state index in [0.717, 1.165) is 39.4 Å². The second-order valence-electron chi connectivity index (χ2n) is 8.06. The fraction of sp³-hybridized carbons (Fsp3) is 0.435. The first-order chi connectivity index (χ1) is 14.0. The van der Waals surface area contributed by atoms with Crippen LogP contribution in [0.4, 0.5) is 5.69 Å². The second-order valence-corrected chi connectivity index (χ2v) is 9.97. The van der Waals surface area contributed by atoms with Crippen LogP contribution in [0.2, 0.25) is 0 Å². The van der Waals surface area contributed by atoms with Gasteiger partial charge >= 0.3 is 0 Å². The lowest BCUT2D eigenvalue weighted by Crippen LogP contribution is -2.41. The molecule has 2 aromatic rings. The van der Waals surface area contributed by atoms with Crippen molar-refractivity contribution >= 4 is 21.6 Å². The van der Waals surface area contributed by atoms with E-state index in [9.17, 15) is 13.2 Å². The first-order valence-corrected chi connectivity index (χ1v) is 11.8. The number of benzene rings is 2. The minimum Gasteiger partial charge on any atom is -0.497 e. The molecule has 0 heterocycles. The Bertz CT molecular complexity index is 969. The molecule has 6 nitrogen and oxygen atoms in total. The maximum absolute atomic E-state index is 12.9. The fourth-order valence-corrected chi connectivity index (χ4v) is 4.09. The minimum absolute atomic E-state index is 0.218. The van der Waals surface area contributed by atoms with Crippen molar-refractivity contribution in [2.45, 2.75) is 40.2 Å². The Balaban J connectivity index is 2.24. The molecule has 30 heavy (non-hydrogen) atoms. The lowest BCUT2D eigenvalue weighted by atomic mass is 9.97. The zero-order valence-corrected chi connectivity index (χ0v) is 19.4. The molecule has 2 aromatic carbocycles. The molecule has 0 saturated carbocycles. The van der Waals surface area contributed by atoms with Crippen LogP contribution in [0.25, 0.3) is 0 Å². The number of hydrogen-bond donors (Lipinski definition) is 1. The molecule has 164 valence electrons. The van der Waals surface area contributed by atoms with Crippen molar-refractivity contribution in [2.24, 2.45) is 5.92 Å². The molecule has 0 aliphatic heterocycles. The highest BCUT2D eigenvalue weighted by Crippen LogP contribution is 2.25. The molecule has 0 saturated heterocycles. The monoisotopic (exact) mass is 432 g/mol. The van der Waals surface area contributed by atoms with E-state index in [2.05, 4.69) is 19.2 Å². The van der Waals surface area contributed by atoms with E-state index in [1.807, 2.05) is 44.2 Å². The third-order valence-corrected chi connectivity index (χ3v) is 6.17.